The number of nitrogens with zero attached hydrogens (tertiary/aromatic N) is 2. The zero-order valence-corrected chi connectivity index (χ0v) is 9.19. The van der Waals surface area contributed by atoms with Crippen molar-refractivity contribution in [2.24, 2.45) is 7.05 Å². The van der Waals surface area contributed by atoms with Crippen molar-refractivity contribution >= 4 is 23.0 Å². The number of carboxylic acid groups (broad SMARTS) is 1. The van der Waals surface area contributed by atoms with Gasteiger partial charge in [0.05, 0.1) is 11.0 Å². The van der Waals surface area contributed by atoms with Gasteiger partial charge in [-0.05, 0) is 24.6 Å². The maximum absolute atomic E-state index is 10.5. The maximum atomic E-state index is 10.5. The summed E-state index contributed by atoms with van der Waals surface area (Å²) in [4.78, 5) is 14.8. The van der Waals surface area contributed by atoms with Crippen LogP contribution in [0.4, 0.5) is 5.95 Å². The molecule has 0 aliphatic rings. The summed E-state index contributed by atoms with van der Waals surface area (Å²) in [5.41, 5.74) is 2.99. The molecule has 2 N–H and O–H groups in total. The highest BCUT2D eigenvalue weighted by Gasteiger charge is 2.07. The van der Waals surface area contributed by atoms with E-state index in [9.17, 15) is 4.79 Å². The second-order valence-electron chi connectivity index (χ2n) is 3.73. The van der Waals surface area contributed by atoms with Crippen LogP contribution >= 0.6 is 0 Å². The summed E-state index contributed by atoms with van der Waals surface area (Å²) in [5, 5.41) is 11.4. The molecular weight excluding hydrogens is 206 g/mol. The molecule has 0 aliphatic carbocycles. The number of rotatable bonds is 3. The van der Waals surface area contributed by atoms with Crippen LogP contribution in [-0.4, -0.2) is 27.2 Å². The maximum Gasteiger partial charge on any atom is 0.322 e. The topological polar surface area (TPSA) is 67.2 Å². The lowest BCUT2D eigenvalue weighted by atomic mass is 10.2. The minimum atomic E-state index is -0.900. The van der Waals surface area contributed by atoms with E-state index >= 15 is 0 Å². The number of aromatic nitrogens is 2. The van der Waals surface area contributed by atoms with Gasteiger partial charge in [-0.15, -0.1) is 0 Å². The van der Waals surface area contributed by atoms with E-state index in [1.165, 1.54) is 0 Å². The van der Waals surface area contributed by atoms with Crippen molar-refractivity contribution in [3.05, 3.63) is 23.8 Å². The van der Waals surface area contributed by atoms with Gasteiger partial charge in [0.25, 0.3) is 0 Å². The minimum absolute atomic E-state index is 0.129. The summed E-state index contributed by atoms with van der Waals surface area (Å²) in [5.74, 6) is -0.328. The van der Waals surface area contributed by atoms with Gasteiger partial charge in [-0.2, -0.15) is 0 Å². The molecule has 84 valence electrons. The summed E-state index contributed by atoms with van der Waals surface area (Å²) in [6.45, 7) is 1.87. The molecule has 0 bridgehead atoms. The van der Waals surface area contributed by atoms with Crippen molar-refractivity contribution in [3.8, 4) is 0 Å². The average molecular weight is 219 g/mol. The number of aryl methyl sites for hydroxylation is 2. The first kappa shape index (κ1) is 10.5. The molecule has 0 spiro atoms. The van der Waals surface area contributed by atoms with Crippen LogP contribution in [0.3, 0.4) is 0 Å². The molecule has 2 aromatic rings. The fraction of sp³-hybridized carbons (Fsp3) is 0.273. The normalized spacial score (nSPS) is 10.6. The Balaban J connectivity index is 2.39. The zero-order valence-electron chi connectivity index (χ0n) is 9.19. The first-order valence-electron chi connectivity index (χ1n) is 4.96. The molecule has 0 saturated carbocycles. The number of imidazole rings is 1. The highest BCUT2D eigenvalue weighted by atomic mass is 16.4. The molecule has 5 heteroatoms. The second-order valence-corrected chi connectivity index (χ2v) is 3.73. The van der Waals surface area contributed by atoms with E-state index < -0.39 is 5.97 Å². The number of benzene rings is 1. The fourth-order valence-electron chi connectivity index (χ4n) is 1.62. The third-order valence-electron chi connectivity index (χ3n) is 2.43. The number of hydrogen-bond donors (Lipinski definition) is 2. The monoisotopic (exact) mass is 219 g/mol. The molecule has 2 rings (SSSR count). The molecule has 1 aromatic heterocycles. The number of anilines is 1. The molecule has 0 saturated heterocycles. The summed E-state index contributed by atoms with van der Waals surface area (Å²) < 4.78 is 1.84. The Morgan fingerprint density at radius 2 is 2.31 bits per heavy atom. The van der Waals surface area contributed by atoms with Gasteiger partial charge in [0.15, 0.2) is 0 Å². The number of carbonyl (C=O) groups is 1. The molecule has 0 unspecified atom stereocenters. The third kappa shape index (κ3) is 1.84. The number of fused-ring (bicyclic) bond motifs is 1. The molecule has 0 amide bonds. The molecule has 1 aromatic carbocycles. The third-order valence-corrected chi connectivity index (χ3v) is 2.43. The smallest absolute Gasteiger partial charge is 0.322 e. The number of nitrogens with one attached hydrogen (secondary N) is 1. The first-order chi connectivity index (χ1) is 7.58. The second kappa shape index (κ2) is 3.84. The fourth-order valence-corrected chi connectivity index (χ4v) is 1.62. The van der Waals surface area contributed by atoms with Crippen LogP contribution in [0, 0.1) is 6.92 Å². The molecular formula is C11H13N3O2. The van der Waals surface area contributed by atoms with Gasteiger partial charge in [0.1, 0.15) is 6.54 Å². The Hall–Kier alpha value is -2.04. The van der Waals surface area contributed by atoms with Crippen molar-refractivity contribution in [3.63, 3.8) is 0 Å². The van der Waals surface area contributed by atoms with Crippen LogP contribution in [0.1, 0.15) is 5.56 Å². The molecule has 1 heterocycles. The van der Waals surface area contributed by atoms with E-state index in [2.05, 4.69) is 10.3 Å². The van der Waals surface area contributed by atoms with Gasteiger partial charge < -0.3 is 15.0 Å². The zero-order chi connectivity index (χ0) is 11.7. The lowest BCUT2D eigenvalue weighted by Crippen LogP contribution is -2.14. The summed E-state index contributed by atoms with van der Waals surface area (Å²) >= 11 is 0. The summed E-state index contributed by atoms with van der Waals surface area (Å²) in [6, 6.07) is 5.95. The number of carboxylic acids is 1. The van der Waals surface area contributed by atoms with Crippen molar-refractivity contribution < 1.29 is 9.90 Å². The minimum Gasteiger partial charge on any atom is -0.480 e. The Morgan fingerprint density at radius 3 is 3.00 bits per heavy atom. The Morgan fingerprint density at radius 1 is 1.56 bits per heavy atom. The van der Waals surface area contributed by atoms with Crippen molar-refractivity contribution in [2.45, 2.75) is 6.92 Å². The Kier molecular flexibility index (Phi) is 2.52. The highest BCUT2D eigenvalue weighted by Crippen LogP contribution is 2.18. The van der Waals surface area contributed by atoms with Crippen molar-refractivity contribution in [1.29, 1.82) is 0 Å². The van der Waals surface area contributed by atoms with Gasteiger partial charge in [0.2, 0.25) is 5.95 Å². The van der Waals surface area contributed by atoms with E-state index in [4.69, 9.17) is 5.11 Å². The Labute approximate surface area is 92.7 Å². The molecule has 0 fully saturated rings. The Bertz CT molecular complexity index is 545. The molecule has 16 heavy (non-hydrogen) atoms. The lowest BCUT2D eigenvalue weighted by molar-refractivity contribution is -0.134. The van der Waals surface area contributed by atoms with Crippen LogP contribution in [0.15, 0.2) is 18.2 Å². The van der Waals surface area contributed by atoms with E-state index in [0.29, 0.717) is 5.95 Å². The predicted octanol–water partition coefficient (Wildman–Crippen LogP) is 1.38. The highest BCUT2D eigenvalue weighted by molar-refractivity contribution is 5.80. The van der Waals surface area contributed by atoms with E-state index in [-0.39, 0.29) is 6.54 Å². The van der Waals surface area contributed by atoms with Crippen molar-refractivity contribution in [1.82, 2.24) is 9.55 Å². The molecule has 0 atom stereocenters. The van der Waals surface area contributed by atoms with Crippen LogP contribution < -0.4 is 5.32 Å². The van der Waals surface area contributed by atoms with Gasteiger partial charge >= 0.3 is 5.97 Å². The van der Waals surface area contributed by atoms with Crippen LogP contribution in [0.25, 0.3) is 11.0 Å². The summed E-state index contributed by atoms with van der Waals surface area (Å²) in [7, 11) is 1.86. The van der Waals surface area contributed by atoms with E-state index in [1.807, 2.05) is 36.7 Å². The SMILES string of the molecule is Cc1ccc2c(c1)nc(NCC(=O)O)n2C. The van der Waals surface area contributed by atoms with Gasteiger partial charge in [-0.3, -0.25) is 4.79 Å². The van der Waals surface area contributed by atoms with Crippen LogP contribution in [0.2, 0.25) is 0 Å². The van der Waals surface area contributed by atoms with E-state index in [0.717, 1.165) is 16.6 Å². The van der Waals surface area contributed by atoms with Gasteiger partial charge in [0, 0.05) is 7.05 Å². The van der Waals surface area contributed by atoms with Crippen LogP contribution in [-0.2, 0) is 11.8 Å². The first-order valence-corrected chi connectivity index (χ1v) is 4.96. The lowest BCUT2D eigenvalue weighted by Gasteiger charge is -2.02. The number of hydrogen-bond acceptors (Lipinski definition) is 3. The van der Waals surface area contributed by atoms with Gasteiger partial charge in [-0.25, -0.2) is 4.98 Å². The predicted molar refractivity (Wildman–Crippen MR) is 61.6 cm³/mol. The molecule has 5 nitrogen and oxygen atoms in total. The quantitative estimate of drug-likeness (QED) is 0.818. The molecule has 0 radical (unpaired) electrons. The molecule has 0 aliphatic heterocycles. The average Bonchev–Trinajstić information content (AvgIpc) is 2.52. The standard InChI is InChI=1S/C11H13N3O2/c1-7-3-4-9-8(5-7)13-11(14(9)2)12-6-10(15)16/h3-5H,6H2,1-2H3,(H,12,13)(H,15,16). The van der Waals surface area contributed by atoms with Crippen LogP contribution in [0.5, 0.6) is 0 Å². The number of aliphatic carboxylic acids is 1. The van der Waals surface area contributed by atoms with Gasteiger partial charge in [-0.1, -0.05) is 6.07 Å². The summed E-state index contributed by atoms with van der Waals surface area (Å²) in [6.07, 6.45) is 0. The largest absolute Gasteiger partial charge is 0.480 e. The van der Waals surface area contributed by atoms with E-state index in [1.54, 1.807) is 0 Å². The van der Waals surface area contributed by atoms with Crippen molar-refractivity contribution in [2.75, 3.05) is 11.9 Å².